The molecule has 0 aromatic heterocycles. The largest absolute Gasteiger partial charge is 0.434 e. The Labute approximate surface area is 92.8 Å². The average Bonchev–Trinajstić information content (AvgIpc) is 2.08. The lowest BCUT2D eigenvalue weighted by Crippen LogP contribution is -2.13. The fraction of sp³-hybridized carbons (Fsp3) is 0.333. The van der Waals surface area contributed by atoms with Crippen LogP contribution in [0.4, 0.5) is 22.0 Å². The molecule has 0 unspecified atom stereocenters. The van der Waals surface area contributed by atoms with E-state index in [1.807, 2.05) is 0 Å². The van der Waals surface area contributed by atoms with Gasteiger partial charge in [-0.05, 0) is 24.6 Å². The molecular formula is C9H6ClF5O. The minimum atomic E-state index is -4.79. The summed E-state index contributed by atoms with van der Waals surface area (Å²) in [6.45, 7) is -2.23. The highest BCUT2D eigenvalue weighted by molar-refractivity contribution is 6.31. The Balaban J connectivity index is 3.33. The molecule has 0 aliphatic carbocycles. The SMILES string of the molecule is Cc1c(Cl)ccc(OC(F)F)c1C(F)(F)F. The second-order valence-electron chi connectivity index (χ2n) is 2.92. The lowest BCUT2D eigenvalue weighted by Gasteiger charge is -2.16. The molecule has 1 aromatic rings. The molecule has 7 heteroatoms. The summed E-state index contributed by atoms with van der Waals surface area (Å²) in [6, 6.07) is 1.84. The number of ether oxygens (including phenoxy) is 1. The van der Waals surface area contributed by atoms with Gasteiger partial charge in [0.15, 0.2) is 0 Å². The molecule has 0 fully saturated rings. The predicted octanol–water partition coefficient (Wildman–Crippen LogP) is 4.27. The van der Waals surface area contributed by atoms with Crippen LogP contribution in [-0.2, 0) is 6.18 Å². The van der Waals surface area contributed by atoms with E-state index in [2.05, 4.69) is 4.74 Å². The van der Waals surface area contributed by atoms with Crippen LogP contribution >= 0.6 is 11.6 Å². The average molecular weight is 261 g/mol. The highest BCUT2D eigenvalue weighted by atomic mass is 35.5. The van der Waals surface area contributed by atoms with E-state index >= 15 is 0 Å². The highest BCUT2D eigenvalue weighted by Crippen LogP contribution is 2.41. The Kier molecular flexibility index (Phi) is 3.62. The maximum atomic E-state index is 12.6. The van der Waals surface area contributed by atoms with Gasteiger partial charge in [0.05, 0.1) is 0 Å². The van der Waals surface area contributed by atoms with E-state index in [-0.39, 0.29) is 10.6 Å². The van der Waals surface area contributed by atoms with Crippen LogP contribution in [0.1, 0.15) is 11.1 Å². The van der Waals surface area contributed by atoms with Crippen LogP contribution in [0.25, 0.3) is 0 Å². The highest BCUT2D eigenvalue weighted by Gasteiger charge is 2.37. The third kappa shape index (κ3) is 2.75. The Morgan fingerprint density at radius 3 is 2.25 bits per heavy atom. The van der Waals surface area contributed by atoms with Crippen molar-refractivity contribution in [2.24, 2.45) is 0 Å². The Hall–Kier alpha value is -1.04. The number of hydrogen-bond donors (Lipinski definition) is 0. The first-order valence-corrected chi connectivity index (χ1v) is 4.42. The zero-order valence-electron chi connectivity index (χ0n) is 7.91. The van der Waals surface area contributed by atoms with Gasteiger partial charge in [0.25, 0.3) is 0 Å². The lowest BCUT2D eigenvalue weighted by atomic mass is 10.1. The van der Waals surface area contributed by atoms with Gasteiger partial charge in [0, 0.05) is 5.02 Å². The Morgan fingerprint density at radius 1 is 1.25 bits per heavy atom. The lowest BCUT2D eigenvalue weighted by molar-refractivity contribution is -0.142. The molecule has 0 atom stereocenters. The van der Waals surface area contributed by atoms with Crippen LogP contribution in [0.3, 0.4) is 0 Å². The summed E-state index contributed by atoms with van der Waals surface area (Å²) < 4.78 is 65.3. The zero-order valence-corrected chi connectivity index (χ0v) is 8.66. The van der Waals surface area contributed by atoms with Crippen molar-refractivity contribution in [3.63, 3.8) is 0 Å². The summed E-state index contributed by atoms with van der Waals surface area (Å²) in [5.41, 5.74) is -1.62. The second kappa shape index (κ2) is 4.45. The molecule has 0 amide bonds. The van der Waals surface area contributed by atoms with Gasteiger partial charge in [0.1, 0.15) is 11.3 Å². The number of halogens is 6. The van der Waals surface area contributed by atoms with Gasteiger partial charge in [0.2, 0.25) is 0 Å². The topological polar surface area (TPSA) is 9.23 Å². The van der Waals surface area contributed by atoms with E-state index < -0.39 is 24.1 Å². The molecule has 1 rings (SSSR count). The predicted molar refractivity (Wildman–Crippen MR) is 47.8 cm³/mol. The molecule has 0 spiro atoms. The fourth-order valence-electron chi connectivity index (χ4n) is 1.21. The van der Waals surface area contributed by atoms with Crippen LogP contribution < -0.4 is 4.74 Å². The first-order valence-electron chi connectivity index (χ1n) is 4.04. The second-order valence-corrected chi connectivity index (χ2v) is 3.33. The van der Waals surface area contributed by atoms with Crippen molar-refractivity contribution in [1.82, 2.24) is 0 Å². The van der Waals surface area contributed by atoms with Gasteiger partial charge in [-0.1, -0.05) is 11.6 Å². The van der Waals surface area contributed by atoms with Crippen LogP contribution in [0.5, 0.6) is 5.75 Å². The molecule has 0 bridgehead atoms. The summed E-state index contributed by atoms with van der Waals surface area (Å²) in [5.74, 6) is -0.926. The van der Waals surface area contributed by atoms with Gasteiger partial charge in [-0.15, -0.1) is 0 Å². The summed E-state index contributed by atoms with van der Waals surface area (Å²) >= 11 is 5.49. The van der Waals surface area contributed by atoms with Crippen LogP contribution in [0.2, 0.25) is 5.02 Å². The summed E-state index contributed by atoms with van der Waals surface area (Å²) in [4.78, 5) is 0. The van der Waals surface area contributed by atoms with Crippen LogP contribution in [0, 0.1) is 6.92 Å². The van der Waals surface area contributed by atoms with Crippen molar-refractivity contribution >= 4 is 11.6 Å². The van der Waals surface area contributed by atoms with Gasteiger partial charge in [-0.2, -0.15) is 22.0 Å². The van der Waals surface area contributed by atoms with Crippen molar-refractivity contribution < 1.29 is 26.7 Å². The smallest absolute Gasteiger partial charge is 0.420 e. The molecule has 1 nitrogen and oxygen atoms in total. The molecule has 0 heterocycles. The summed E-state index contributed by atoms with van der Waals surface area (Å²) in [6.07, 6.45) is -4.79. The number of rotatable bonds is 2. The Morgan fingerprint density at radius 2 is 1.81 bits per heavy atom. The van der Waals surface area contributed by atoms with E-state index in [1.54, 1.807) is 0 Å². The van der Waals surface area contributed by atoms with Crippen LogP contribution in [0.15, 0.2) is 12.1 Å². The third-order valence-corrected chi connectivity index (χ3v) is 2.27. The number of hydrogen-bond acceptors (Lipinski definition) is 1. The van der Waals surface area contributed by atoms with Crippen LogP contribution in [-0.4, -0.2) is 6.61 Å². The van der Waals surface area contributed by atoms with Crippen molar-refractivity contribution in [3.8, 4) is 5.75 Å². The molecule has 0 aliphatic heterocycles. The first kappa shape index (κ1) is 13.0. The van der Waals surface area contributed by atoms with E-state index in [0.717, 1.165) is 19.1 Å². The molecule has 0 saturated heterocycles. The molecule has 0 saturated carbocycles. The third-order valence-electron chi connectivity index (χ3n) is 1.86. The minimum Gasteiger partial charge on any atom is -0.434 e. The van der Waals surface area contributed by atoms with E-state index in [4.69, 9.17) is 11.6 Å². The van der Waals surface area contributed by atoms with Crippen molar-refractivity contribution in [1.29, 1.82) is 0 Å². The molecule has 90 valence electrons. The quantitative estimate of drug-likeness (QED) is 0.722. The summed E-state index contributed by atoms with van der Waals surface area (Å²) in [7, 11) is 0. The molecule has 16 heavy (non-hydrogen) atoms. The zero-order chi connectivity index (χ0) is 12.5. The van der Waals surface area contributed by atoms with Gasteiger partial charge in [-0.25, -0.2) is 0 Å². The number of alkyl halides is 5. The monoisotopic (exact) mass is 260 g/mol. The maximum Gasteiger partial charge on any atom is 0.420 e. The molecule has 0 radical (unpaired) electrons. The normalized spacial score (nSPS) is 12.0. The van der Waals surface area contributed by atoms with E-state index in [9.17, 15) is 22.0 Å². The first-order chi connectivity index (χ1) is 7.23. The fourth-order valence-corrected chi connectivity index (χ4v) is 1.37. The summed E-state index contributed by atoms with van der Waals surface area (Å²) in [5, 5.41) is -0.158. The maximum absolute atomic E-state index is 12.6. The molecule has 1 aromatic carbocycles. The van der Waals surface area contributed by atoms with E-state index in [1.165, 1.54) is 0 Å². The van der Waals surface area contributed by atoms with E-state index in [0.29, 0.717) is 0 Å². The van der Waals surface area contributed by atoms with Crippen molar-refractivity contribution in [2.45, 2.75) is 19.7 Å². The van der Waals surface area contributed by atoms with Crippen molar-refractivity contribution in [2.75, 3.05) is 0 Å². The van der Waals surface area contributed by atoms with Crippen molar-refractivity contribution in [3.05, 3.63) is 28.3 Å². The molecule has 0 N–H and O–H groups in total. The number of benzene rings is 1. The molecule has 0 aliphatic rings. The van der Waals surface area contributed by atoms with Gasteiger partial charge >= 0.3 is 12.8 Å². The van der Waals surface area contributed by atoms with Gasteiger partial charge in [-0.3, -0.25) is 0 Å². The minimum absolute atomic E-state index is 0.158. The van der Waals surface area contributed by atoms with Gasteiger partial charge < -0.3 is 4.74 Å². The Bertz CT molecular complexity index is 388. The standard InChI is InChI=1S/C9H6ClF5O/c1-4-5(10)2-3-6(16-8(11)12)7(4)9(13,14)15/h2-3,8H,1H3. The molecular weight excluding hydrogens is 255 g/mol.